The van der Waals surface area contributed by atoms with Crippen LogP contribution in [0.2, 0.25) is 0 Å². The first-order chi connectivity index (χ1) is 14.8. The molecule has 168 valence electrons. The molecule has 0 bridgehead atoms. The van der Waals surface area contributed by atoms with Crippen LogP contribution in [0.1, 0.15) is 18.1 Å². The van der Waals surface area contributed by atoms with Crippen LogP contribution in [-0.4, -0.2) is 56.5 Å². The van der Waals surface area contributed by atoms with Crippen LogP contribution in [0.15, 0.2) is 47.6 Å². The summed E-state index contributed by atoms with van der Waals surface area (Å²) < 4.78 is 43.2. The summed E-state index contributed by atoms with van der Waals surface area (Å²) in [5.41, 5.74) is 3.20. The van der Waals surface area contributed by atoms with Crippen LogP contribution in [0.3, 0.4) is 0 Å². The minimum absolute atomic E-state index is 0.205. The van der Waals surface area contributed by atoms with Crippen molar-refractivity contribution in [2.24, 2.45) is 0 Å². The summed E-state index contributed by atoms with van der Waals surface area (Å²) in [6.45, 7) is 2.53. The number of nitrogens with zero attached hydrogens (tertiary/aromatic N) is 3. The third-order valence-corrected chi connectivity index (χ3v) is 6.33. The lowest BCUT2D eigenvalue weighted by atomic mass is 10.1. The van der Waals surface area contributed by atoms with Gasteiger partial charge in [0.05, 0.1) is 23.0 Å². The molecule has 2 aromatic heterocycles. The minimum Gasteiger partial charge on any atom is -0.496 e. The van der Waals surface area contributed by atoms with Crippen molar-refractivity contribution < 1.29 is 27.4 Å². The highest BCUT2D eigenvalue weighted by molar-refractivity contribution is 7.90. The third-order valence-electron chi connectivity index (χ3n) is 4.66. The van der Waals surface area contributed by atoms with Gasteiger partial charge in [0.15, 0.2) is 0 Å². The molecule has 0 unspecified atom stereocenters. The van der Waals surface area contributed by atoms with Crippen LogP contribution in [-0.2, 0) is 32.6 Å². The van der Waals surface area contributed by atoms with Gasteiger partial charge in [0, 0.05) is 29.5 Å². The SMILES string of the molecule is CCc1ccc(S(=O)(=O)n2cc(CCN(C)C)c3ncccc32)cc1OC.O=COF. The van der Waals surface area contributed by atoms with Crippen LogP contribution in [0.5, 0.6) is 5.75 Å². The number of fused-ring (bicyclic) bond motifs is 1. The highest BCUT2D eigenvalue weighted by atomic mass is 32.2. The van der Waals surface area contributed by atoms with E-state index in [0.717, 1.165) is 36.0 Å². The van der Waals surface area contributed by atoms with E-state index in [1.54, 1.807) is 43.8 Å². The number of rotatable bonds is 8. The predicted molar refractivity (Wildman–Crippen MR) is 115 cm³/mol. The lowest BCUT2D eigenvalue weighted by Gasteiger charge is -2.11. The summed E-state index contributed by atoms with van der Waals surface area (Å²) in [6, 6.07) is 8.58. The van der Waals surface area contributed by atoms with Crippen molar-refractivity contribution in [3.63, 3.8) is 0 Å². The van der Waals surface area contributed by atoms with Crippen LogP contribution in [0, 0.1) is 0 Å². The summed E-state index contributed by atoms with van der Waals surface area (Å²) in [6.07, 6.45) is 4.88. The molecule has 1 aromatic carbocycles. The molecule has 0 atom stereocenters. The highest BCUT2D eigenvalue weighted by Gasteiger charge is 2.23. The van der Waals surface area contributed by atoms with Crippen molar-refractivity contribution in [2.75, 3.05) is 27.7 Å². The van der Waals surface area contributed by atoms with Crippen molar-refractivity contribution in [3.8, 4) is 5.75 Å². The van der Waals surface area contributed by atoms with Crippen molar-refractivity contribution in [2.45, 2.75) is 24.7 Å². The maximum absolute atomic E-state index is 13.3. The summed E-state index contributed by atoms with van der Waals surface area (Å²) in [4.78, 5) is 17.6. The first-order valence-corrected chi connectivity index (χ1v) is 11.0. The fraction of sp³-hybridized carbons (Fsp3) is 0.333. The zero-order valence-electron chi connectivity index (χ0n) is 17.9. The highest BCUT2D eigenvalue weighted by Crippen LogP contribution is 2.28. The van der Waals surface area contributed by atoms with Gasteiger partial charge in [-0.2, -0.15) is 0 Å². The Morgan fingerprint density at radius 2 is 1.94 bits per heavy atom. The topological polar surface area (TPSA) is 90.7 Å². The second-order valence-electron chi connectivity index (χ2n) is 6.89. The molecule has 0 aliphatic carbocycles. The Morgan fingerprint density at radius 3 is 2.52 bits per heavy atom. The van der Waals surface area contributed by atoms with Gasteiger partial charge in [-0.1, -0.05) is 13.0 Å². The summed E-state index contributed by atoms with van der Waals surface area (Å²) in [5, 5.41) is 0. The van der Waals surface area contributed by atoms with Gasteiger partial charge in [-0.05, 0) is 56.3 Å². The van der Waals surface area contributed by atoms with Crippen LogP contribution >= 0.6 is 0 Å². The van der Waals surface area contributed by atoms with E-state index in [1.807, 2.05) is 27.1 Å². The zero-order chi connectivity index (χ0) is 23.0. The zero-order valence-corrected chi connectivity index (χ0v) is 18.7. The first kappa shape index (κ1) is 24.3. The maximum Gasteiger partial charge on any atom is 0.337 e. The summed E-state index contributed by atoms with van der Waals surface area (Å²) >= 11 is 0. The predicted octanol–water partition coefficient (Wildman–Crippen LogP) is 2.99. The number of pyridine rings is 1. The van der Waals surface area contributed by atoms with Crippen molar-refractivity contribution in [1.82, 2.24) is 13.9 Å². The number of aromatic nitrogens is 2. The quantitative estimate of drug-likeness (QED) is 0.486. The number of hydrogen-bond acceptors (Lipinski definition) is 7. The van der Waals surface area contributed by atoms with Gasteiger partial charge in [0.2, 0.25) is 0 Å². The number of aryl methyl sites for hydroxylation is 1. The number of likely N-dealkylation sites (N-methyl/N-ethyl adjacent to an activating group) is 1. The van der Waals surface area contributed by atoms with E-state index in [9.17, 15) is 12.9 Å². The Labute approximate surface area is 181 Å². The smallest absolute Gasteiger partial charge is 0.337 e. The Kier molecular flexibility index (Phi) is 8.52. The second kappa shape index (κ2) is 10.9. The normalized spacial score (nSPS) is 11.2. The van der Waals surface area contributed by atoms with E-state index < -0.39 is 10.0 Å². The van der Waals surface area contributed by atoms with E-state index in [2.05, 4.69) is 14.8 Å². The van der Waals surface area contributed by atoms with Gasteiger partial charge in [0.25, 0.3) is 10.0 Å². The monoisotopic (exact) mass is 451 g/mol. The number of carbonyl (C=O) groups is 1. The molecule has 0 saturated carbocycles. The van der Waals surface area contributed by atoms with Crippen LogP contribution in [0.4, 0.5) is 4.53 Å². The van der Waals surface area contributed by atoms with Gasteiger partial charge in [-0.3, -0.25) is 14.7 Å². The van der Waals surface area contributed by atoms with Gasteiger partial charge in [-0.25, -0.2) is 12.4 Å². The molecule has 0 aliphatic heterocycles. The van der Waals surface area contributed by atoms with E-state index in [0.29, 0.717) is 11.3 Å². The Bertz CT molecular complexity index is 1130. The molecule has 0 N–H and O–H groups in total. The number of benzene rings is 1. The molecule has 0 spiro atoms. The molecule has 3 aromatic rings. The van der Waals surface area contributed by atoms with Crippen LogP contribution < -0.4 is 4.74 Å². The number of hydrogen-bond donors (Lipinski definition) is 0. The van der Waals surface area contributed by atoms with E-state index >= 15 is 0 Å². The minimum atomic E-state index is -3.76. The molecule has 0 amide bonds. The van der Waals surface area contributed by atoms with Gasteiger partial charge in [-0.15, -0.1) is 0 Å². The Balaban J connectivity index is 0.000000785. The Hall–Kier alpha value is -2.98. The molecule has 31 heavy (non-hydrogen) atoms. The number of halogens is 1. The Morgan fingerprint density at radius 1 is 1.23 bits per heavy atom. The standard InChI is InChI=1S/C20H25N3O3S.CHFO2/c1-5-15-8-9-17(13-19(15)26-4)27(24,25)23-14-16(10-12-22(2)3)20-18(23)7-6-11-21-20;2-4-1-3/h6-9,11,13-14H,5,10,12H2,1-4H3;1H. The number of ether oxygens (including phenoxy) is 1. The van der Waals surface area contributed by atoms with Gasteiger partial charge < -0.3 is 9.64 Å². The van der Waals surface area contributed by atoms with E-state index in [4.69, 9.17) is 9.53 Å². The number of methoxy groups -OCH3 is 1. The summed E-state index contributed by atoms with van der Waals surface area (Å²) in [7, 11) is 1.78. The molecule has 0 fully saturated rings. The average Bonchev–Trinajstić information content (AvgIpc) is 3.16. The average molecular weight is 452 g/mol. The van der Waals surface area contributed by atoms with Gasteiger partial charge in [0.1, 0.15) is 5.75 Å². The molecular formula is C21H26FN3O5S. The third kappa shape index (κ3) is 5.59. The largest absolute Gasteiger partial charge is 0.496 e. The fourth-order valence-electron chi connectivity index (χ4n) is 3.11. The molecule has 10 heteroatoms. The molecule has 0 radical (unpaired) electrons. The van der Waals surface area contributed by atoms with Crippen LogP contribution in [0.25, 0.3) is 11.0 Å². The molecular weight excluding hydrogens is 425 g/mol. The van der Waals surface area contributed by atoms with Crippen molar-refractivity contribution >= 4 is 27.5 Å². The lowest BCUT2D eigenvalue weighted by Crippen LogP contribution is -2.15. The lowest BCUT2D eigenvalue weighted by molar-refractivity contribution is -0.165. The van der Waals surface area contributed by atoms with E-state index in [-0.39, 0.29) is 11.4 Å². The second-order valence-corrected chi connectivity index (χ2v) is 8.71. The molecule has 8 nitrogen and oxygen atoms in total. The number of carbonyl (C=O) groups excluding carboxylic acids is 1. The summed E-state index contributed by atoms with van der Waals surface area (Å²) in [5.74, 6) is 0.584. The van der Waals surface area contributed by atoms with Crippen molar-refractivity contribution in [3.05, 3.63) is 53.9 Å². The van der Waals surface area contributed by atoms with E-state index in [1.165, 1.54) is 3.97 Å². The fourth-order valence-corrected chi connectivity index (χ4v) is 4.51. The molecule has 3 rings (SSSR count). The first-order valence-electron chi connectivity index (χ1n) is 9.53. The van der Waals surface area contributed by atoms with Gasteiger partial charge >= 0.3 is 6.47 Å². The van der Waals surface area contributed by atoms with Crippen molar-refractivity contribution in [1.29, 1.82) is 0 Å². The molecule has 2 heterocycles. The maximum atomic E-state index is 13.3. The molecule has 0 saturated heterocycles. The molecule has 0 aliphatic rings.